The second-order valence-electron chi connectivity index (χ2n) is 4.01. The van der Waals surface area contributed by atoms with Gasteiger partial charge in [-0.1, -0.05) is 43.0 Å². The lowest BCUT2D eigenvalue weighted by Gasteiger charge is -1.98. The summed E-state index contributed by atoms with van der Waals surface area (Å²) in [7, 11) is 2.12. The van der Waals surface area contributed by atoms with Crippen molar-refractivity contribution in [2.75, 3.05) is 0 Å². The van der Waals surface area contributed by atoms with Gasteiger partial charge in [0.15, 0.2) is 0 Å². The van der Waals surface area contributed by atoms with Gasteiger partial charge in [0.2, 0.25) is 0 Å². The minimum atomic E-state index is 0.971. The van der Waals surface area contributed by atoms with Crippen molar-refractivity contribution in [3.63, 3.8) is 0 Å². The van der Waals surface area contributed by atoms with Gasteiger partial charge in [0.1, 0.15) is 0 Å². The van der Waals surface area contributed by atoms with E-state index in [4.69, 9.17) is 0 Å². The van der Waals surface area contributed by atoms with Crippen LogP contribution in [0.15, 0.2) is 49.1 Å². The number of hydrogen-bond acceptors (Lipinski definition) is 0. The fraction of sp³-hybridized carbons (Fsp3) is 0.200. The van der Waals surface area contributed by atoms with Crippen LogP contribution in [0.2, 0.25) is 0 Å². The molecule has 0 aliphatic heterocycles. The lowest BCUT2D eigenvalue weighted by molar-refractivity contribution is 0.905. The van der Waals surface area contributed by atoms with Gasteiger partial charge >= 0.3 is 0 Å². The minimum Gasteiger partial charge on any atom is -0.348 e. The maximum Gasteiger partial charge on any atom is 0.0482 e. The molecule has 0 aliphatic rings. The van der Waals surface area contributed by atoms with Crippen molar-refractivity contribution >= 4 is 10.9 Å². The third kappa shape index (κ3) is 1.69. The summed E-state index contributed by atoms with van der Waals surface area (Å²) in [4.78, 5) is 0. The molecule has 1 heterocycles. The third-order valence-electron chi connectivity index (χ3n) is 3.12. The first kappa shape index (κ1) is 10.7. The van der Waals surface area contributed by atoms with E-state index >= 15 is 0 Å². The number of allylic oxidation sites excluding steroid dienone is 3. The van der Waals surface area contributed by atoms with Gasteiger partial charge in [0.25, 0.3) is 0 Å². The summed E-state index contributed by atoms with van der Waals surface area (Å²) >= 11 is 0. The lowest BCUT2D eigenvalue weighted by Crippen LogP contribution is -1.91. The van der Waals surface area contributed by atoms with Gasteiger partial charge in [-0.25, -0.2) is 0 Å². The number of benzene rings is 1. The molecule has 0 radical (unpaired) electrons. The Morgan fingerprint density at radius 1 is 1.31 bits per heavy atom. The van der Waals surface area contributed by atoms with Crippen LogP contribution in [0.3, 0.4) is 0 Å². The second kappa shape index (κ2) is 4.40. The molecule has 1 heteroatoms. The van der Waals surface area contributed by atoms with Crippen molar-refractivity contribution in [2.45, 2.75) is 13.3 Å². The van der Waals surface area contributed by atoms with Crippen LogP contribution in [0.5, 0.6) is 0 Å². The number of hydrogen-bond donors (Lipinski definition) is 0. The highest BCUT2D eigenvalue weighted by atomic mass is 14.9. The van der Waals surface area contributed by atoms with Gasteiger partial charge in [0, 0.05) is 23.6 Å². The van der Waals surface area contributed by atoms with Gasteiger partial charge in [-0.3, -0.25) is 0 Å². The van der Waals surface area contributed by atoms with E-state index in [0.29, 0.717) is 0 Å². The zero-order valence-corrected chi connectivity index (χ0v) is 9.90. The van der Waals surface area contributed by atoms with E-state index in [1.807, 2.05) is 12.2 Å². The largest absolute Gasteiger partial charge is 0.348 e. The van der Waals surface area contributed by atoms with Gasteiger partial charge < -0.3 is 4.57 Å². The summed E-state index contributed by atoms with van der Waals surface area (Å²) < 4.78 is 2.26. The normalized spacial score (nSPS) is 11.4. The lowest BCUT2D eigenvalue weighted by atomic mass is 10.1. The highest BCUT2D eigenvalue weighted by Crippen LogP contribution is 2.25. The van der Waals surface area contributed by atoms with Crippen LogP contribution in [0.25, 0.3) is 10.9 Å². The Morgan fingerprint density at radius 2 is 2.06 bits per heavy atom. The summed E-state index contributed by atoms with van der Waals surface area (Å²) in [6, 6.07) is 8.55. The first-order valence-electron chi connectivity index (χ1n) is 5.56. The van der Waals surface area contributed by atoms with Crippen molar-refractivity contribution in [2.24, 2.45) is 7.05 Å². The second-order valence-corrected chi connectivity index (χ2v) is 4.01. The molecule has 0 unspecified atom stereocenters. The number of nitrogens with zero attached hydrogens (tertiary/aromatic N) is 1. The van der Waals surface area contributed by atoms with Crippen LogP contribution in [0.4, 0.5) is 0 Å². The van der Waals surface area contributed by atoms with Gasteiger partial charge in [0.05, 0.1) is 0 Å². The Morgan fingerprint density at radius 3 is 2.81 bits per heavy atom. The van der Waals surface area contributed by atoms with Crippen molar-refractivity contribution in [3.8, 4) is 0 Å². The average molecular weight is 211 g/mol. The molecular weight excluding hydrogens is 194 g/mol. The molecule has 2 rings (SSSR count). The number of aromatic nitrogens is 1. The zero-order chi connectivity index (χ0) is 11.5. The van der Waals surface area contributed by atoms with Crippen molar-refractivity contribution in [1.82, 2.24) is 4.57 Å². The molecule has 16 heavy (non-hydrogen) atoms. The molecule has 0 spiro atoms. The standard InChI is InChI=1S/C15H17N/c1-4-5-6-9-13-12(2)16(3)15-11-8-7-10-14(13)15/h4-8,10-11H,1,9H2,2-3H3. The monoisotopic (exact) mass is 211 g/mol. The summed E-state index contributed by atoms with van der Waals surface area (Å²) in [5.74, 6) is 0. The third-order valence-corrected chi connectivity index (χ3v) is 3.12. The maximum atomic E-state index is 3.69. The summed E-state index contributed by atoms with van der Waals surface area (Å²) in [6.07, 6.45) is 6.95. The van der Waals surface area contributed by atoms with Crippen LogP contribution >= 0.6 is 0 Å². The van der Waals surface area contributed by atoms with Crippen LogP contribution in [0.1, 0.15) is 11.3 Å². The first-order chi connectivity index (χ1) is 7.75. The maximum absolute atomic E-state index is 3.69. The number of fused-ring (bicyclic) bond motifs is 1. The molecule has 1 nitrogen and oxygen atoms in total. The van der Waals surface area contributed by atoms with E-state index in [2.05, 4.69) is 55.5 Å². The molecule has 0 atom stereocenters. The number of para-hydroxylation sites is 1. The van der Waals surface area contributed by atoms with Gasteiger partial charge in [-0.2, -0.15) is 0 Å². The molecule has 0 amide bonds. The molecule has 0 aliphatic carbocycles. The molecule has 2 aromatic rings. The summed E-state index contributed by atoms with van der Waals surface area (Å²) in [5.41, 5.74) is 4.06. The topological polar surface area (TPSA) is 4.93 Å². The molecule has 1 aromatic carbocycles. The molecule has 0 saturated carbocycles. The number of aryl methyl sites for hydroxylation is 1. The van der Waals surface area contributed by atoms with Gasteiger partial charge in [-0.05, 0) is 25.0 Å². The highest BCUT2D eigenvalue weighted by molar-refractivity contribution is 5.85. The smallest absolute Gasteiger partial charge is 0.0482 e. The Balaban J connectivity index is 2.55. The van der Waals surface area contributed by atoms with E-state index < -0.39 is 0 Å². The highest BCUT2D eigenvalue weighted by Gasteiger charge is 2.09. The Kier molecular flexibility index (Phi) is 2.95. The van der Waals surface area contributed by atoms with Gasteiger partial charge in [-0.15, -0.1) is 0 Å². The average Bonchev–Trinajstić information content (AvgIpc) is 2.55. The van der Waals surface area contributed by atoms with Crippen LogP contribution in [-0.2, 0) is 13.5 Å². The molecule has 0 N–H and O–H groups in total. The molecule has 1 aromatic heterocycles. The molecule has 0 saturated heterocycles. The van der Waals surface area contributed by atoms with Crippen molar-refractivity contribution in [1.29, 1.82) is 0 Å². The fourth-order valence-electron chi connectivity index (χ4n) is 2.14. The quantitative estimate of drug-likeness (QED) is 0.681. The Bertz CT molecular complexity index is 544. The van der Waals surface area contributed by atoms with E-state index in [1.54, 1.807) is 0 Å². The van der Waals surface area contributed by atoms with E-state index in [-0.39, 0.29) is 0 Å². The van der Waals surface area contributed by atoms with E-state index in [9.17, 15) is 0 Å². The van der Waals surface area contributed by atoms with Crippen LogP contribution in [0, 0.1) is 6.92 Å². The molecular formula is C15H17N. The molecule has 0 fully saturated rings. The van der Waals surface area contributed by atoms with Crippen molar-refractivity contribution < 1.29 is 0 Å². The molecule has 82 valence electrons. The fourth-order valence-corrected chi connectivity index (χ4v) is 2.14. The zero-order valence-electron chi connectivity index (χ0n) is 9.90. The van der Waals surface area contributed by atoms with E-state index in [1.165, 1.54) is 22.2 Å². The van der Waals surface area contributed by atoms with Crippen LogP contribution < -0.4 is 0 Å². The predicted molar refractivity (Wildman–Crippen MR) is 70.7 cm³/mol. The summed E-state index contributed by atoms with van der Waals surface area (Å²) in [5, 5.41) is 1.36. The SMILES string of the molecule is C=CC=CCc1c(C)n(C)c2ccccc12. The Labute approximate surface area is 96.7 Å². The number of rotatable bonds is 3. The molecule has 0 bridgehead atoms. The first-order valence-corrected chi connectivity index (χ1v) is 5.56. The van der Waals surface area contributed by atoms with Crippen LogP contribution in [-0.4, -0.2) is 4.57 Å². The van der Waals surface area contributed by atoms with Crippen molar-refractivity contribution in [3.05, 3.63) is 60.3 Å². The summed E-state index contributed by atoms with van der Waals surface area (Å²) in [6.45, 7) is 5.87. The minimum absolute atomic E-state index is 0.971. The predicted octanol–water partition coefficient (Wildman–Crippen LogP) is 3.77. The van der Waals surface area contributed by atoms with E-state index in [0.717, 1.165) is 6.42 Å². The Hall–Kier alpha value is -1.76.